The van der Waals surface area contributed by atoms with Crippen molar-refractivity contribution in [3.63, 3.8) is 0 Å². The highest BCUT2D eigenvalue weighted by Gasteiger charge is 2.10. The molecule has 25 heavy (non-hydrogen) atoms. The van der Waals surface area contributed by atoms with Gasteiger partial charge in [-0.25, -0.2) is 14.4 Å². The number of hydrogen-bond donors (Lipinski definition) is 2. The molecule has 0 atom stereocenters. The van der Waals surface area contributed by atoms with Crippen molar-refractivity contribution in [1.29, 1.82) is 0 Å². The van der Waals surface area contributed by atoms with Crippen LogP contribution >= 0.6 is 23.2 Å². The lowest BCUT2D eigenvalue weighted by atomic mass is 10.3. The summed E-state index contributed by atoms with van der Waals surface area (Å²) in [6.45, 7) is 0. The lowest BCUT2D eigenvalue weighted by Gasteiger charge is -2.08. The molecule has 0 saturated heterocycles. The molecular weight excluding hydrogens is 366 g/mol. The van der Waals surface area contributed by atoms with E-state index in [1.807, 2.05) is 0 Å². The smallest absolute Gasteiger partial charge is 0.274 e. The summed E-state index contributed by atoms with van der Waals surface area (Å²) in [4.78, 5) is 20.5. The fourth-order valence-corrected chi connectivity index (χ4v) is 2.59. The molecule has 0 radical (unpaired) electrons. The van der Waals surface area contributed by atoms with Crippen LogP contribution in [-0.2, 0) is 0 Å². The SMILES string of the molecule is O=C(Nc1cc(Cl)cc(Cl)c1)c1ccnc(Nc2cccc(F)c2)n1. The second-order valence-electron chi connectivity index (χ2n) is 5.01. The van der Waals surface area contributed by atoms with Crippen LogP contribution in [0.25, 0.3) is 0 Å². The standard InChI is InChI=1S/C17H11Cl2FN4O/c18-10-6-11(19)8-14(7-10)22-16(25)15-4-5-21-17(24-15)23-13-3-1-2-12(20)9-13/h1-9H,(H,22,25)(H,21,23,24). The Kier molecular flexibility index (Phi) is 5.11. The molecule has 0 bridgehead atoms. The third-order valence-electron chi connectivity index (χ3n) is 3.09. The highest BCUT2D eigenvalue weighted by molar-refractivity contribution is 6.35. The lowest BCUT2D eigenvalue weighted by Crippen LogP contribution is -2.14. The quantitative estimate of drug-likeness (QED) is 0.678. The Morgan fingerprint density at radius 3 is 2.48 bits per heavy atom. The summed E-state index contributed by atoms with van der Waals surface area (Å²) in [7, 11) is 0. The van der Waals surface area contributed by atoms with Crippen molar-refractivity contribution in [3.8, 4) is 0 Å². The Balaban J connectivity index is 1.77. The molecule has 0 saturated carbocycles. The molecule has 8 heteroatoms. The molecule has 5 nitrogen and oxygen atoms in total. The van der Waals surface area contributed by atoms with E-state index < -0.39 is 11.7 Å². The monoisotopic (exact) mass is 376 g/mol. The summed E-state index contributed by atoms with van der Waals surface area (Å²) in [5.74, 6) is -0.679. The first-order chi connectivity index (χ1) is 12.0. The summed E-state index contributed by atoms with van der Waals surface area (Å²) in [6, 6.07) is 12.0. The molecule has 2 aromatic carbocycles. The van der Waals surface area contributed by atoms with E-state index in [9.17, 15) is 9.18 Å². The highest BCUT2D eigenvalue weighted by Crippen LogP contribution is 2.23. The second kappa shape index (κ2) is 7.46. The summed E-state index contributed by atoms with van der Waals surface area (Å²) in [5, 5.41) is 6.30. The van der Waals surface area contributed by atoms with Gasteiger partial charge in [-0.3, -0.25) is 4.79 Å². The van der Waals surface area contributed by atoms with Crippen molar-refractivity contribution < 1.29 is 9.18 Å². The number of carbonyl (C=O) groups is 1. The number of nitrogens with one attached hydrogen (secondary N) is 2. The summed E-state index contributed by atoms with van der Waals surface area (Å²) in [6.07, 6.45) is 1.43. The van der Waals surface area contributed by atoms with Gasteiger partial charge in [0.15, 0.2) is 0 Å². The maximum Gasteiger partial charge on any atom is 0.274 e. The molecule has 0 aliphatic heterocycles. The van der Waals surface area contributed by atoms with Crippen LogP contribution < -0.4 is 10.6 Å². The van der Waals surface area contributed by atoms with Crippen LogP contribution in [0, 0.1) is 5.82 Å². The second-order valence-corrected chi connectivity index (χ2v) is 5.89. The molecule has 126 valence electrons. The van der Waals surface area contributed by atoms with Crippen LogP contribution in [0.3, 0.4) is 0 Å². The van der Waals surface area contributed by atoms with Gasteiger partial charge in [0.1, 0.15) is 11.5 Å². The van der Waals surface area contributed by atoms with Crippen LogP contribution in [-0.4, -0.2) is 15.9 Å². The topological polar surface area (TPSA) is 66.9 Å². The molecule has 0 fully saturated rings. The van der Waals surface area contributed by atoms with Crippen LogP contribution in [0.5, 0.6) is 0 Å². The molecule has 0 aliphatic rings. The first kappa shape index (κ1) is 17.1. The molecule has 3 aromatic rings. The molecular formula is C17H11Cl2FN4O. The Morgan fingerprint density at radius 2 is 1.76 bits per heavy atom. The van der Waals surface area contributed by atoms with Crippen molar-refractivity contribution in [2.45, 2.75) is 0 Å². The van der Waals surface area contributed by atoms with Crippen LogP contribution in [0.1, 0.15) is 10.5 Å². The van der Waals surface area contributed by atoms with Gasteiger partial charge in [0.2, 0.25) is 5.95 Å². The molecule has 1 amide bonds. The van der Waals surface area contributed by atoms with Crippen LogP contribution in [0.4, 0.5) is 21.7 Å². The van der Waals surface area contributed by atoms with Gasteiger partial charge in [-0.2, -0.15) is 0 Å². The zero-order valence-electron chi connectivity index (χ0n) is 12.6. The van der Waals surface area contributed by atoms with E-state index in [1.54, 1.807) is 30.3 Å². The predicted molar refractivity (Wildman–Crippen MR) is 96.1 cm³/mol. The average Bonchev–Trinajstić information content (AvgIpc) is 2.54. The van der Waals surface area contributed by atoms with Crippen molar-refractivity contribution in [2.24, 2.45) is 0 Å². The Labute approximate surface area is 152 Å². The van der Waals surface area contributed by atoms with E-state index in [0.29, 0.717) is 21.4 Å². The summed E-state index contributed by atoms with van der Waals surface area (Å²) in [5.41, 5.74) is 1.05. The largest absolute Gasteiger partial charge is 0.324 e. The molecule has 2 N–H and O–H groups in total. The molecule has 0 aliphatic carbocycles. The first-order valence-corrected chi connectivity index (χ1v) is 7.88. The minimum atomic E-state index is -0.456. The average molecular weight is 377 g/mol. The molecule has 1 heterocycles. The molecule has 0 spiro atoms. The third-order valence-corrected chi connectivity index (χ3v) is 3.53. The van der Waals surface area contributed by atoms with Gasteiger partial charge in [-0.05, 0) is 42.5 Å². The van der Waals surface area contributed by atoms with E-state index in [0.717, 1.165) is 0 Å². The first-order valence-electron chi connectivity index (χ1n) is 7.13. The van der Waals surface area contributed by atoms with Gasteiger partial charge < -0.3 is 10.6 Å². The van der Waals surface area contributed by atoms with Crippen molar-refractivity contribution in [1.82, 2.24) is 9.97 Å². The van der Waals surface area contributed by atoms with Gasteiger partial charge in [0.05, 0.1) is 0 Å². The number of nitrogens with zero attached hydrogens (tertiary/aromatic N) is 2. The van der Waals surface area contributed by atoms with Gasteiger partial charge >= 0.3 is 0 Å². The van der Waals surface area contributed by atoms with E-state index >= 15 is 0 Å². The van der Waals surface area contributed by atoms with E-state index in [-0.39, 0.29) is 11.6 Å². The Morgan fingerprint density at radius 1 is 1.00 bits per heavy atom. The number of amides is 1. The lowest BCUT2D eigenvalue weighted by molar-refractivity contribution is 0.102. The van der Waals surface area contributed by atoms with Gasteiger partial charge in [0, 0.05) is 27.6 Å². The van der Waals surface area contributed by atoms with E-state index in [1.165, 1.54) is 24.4 Å². The minimum Gasteiger partial charge on any atom is -0.324 e. The number of benzene rings is 2. The zero-order chi connectivity index (χ0) is 17.8. The minimum absolute atomic E-state index is 0.130. The number of aromatic nitrogens is 2. The number of rotatable bonds is 4. The van der Waals surface area contributed by atoms with E-state index in [4.69, 9.17) is 23.2 Å². The number of hydrogen-bond acceptors (Lipinski definition) is 4. The van der Waals surface area contributed by atoms with Gasteiger partial charge in [0.25, 0.3) is 5.91 Å². The summed E-state index contributed by atoms with van der Waals surface area (Å²) < 4.78 is 13.2. The van der Waals surface area contributed by atoms with Crippen molar-refractivity contribution in [3.05, 3.63) is 76.3 Å². The third kappa shape index (κ3) is 4.65. The summed E-state index contributed by atoms with van der Waals surface area (Å²) >= 11 is 11.8. The number of halogens is 3. The highest BCUT2D eigenvalue weighted by atomic mass is 35.5. The maximum absolute atomic E-state index is 13.2. The normalized spacial score (nSPS) is 10.4. The fraction of sp³-hybridized carbons (Fsp3) is 0. The predicted octanol–water partition coefficient (Wildman–Crippen LogP) is 4.92. The Hall–Kier alpha value is -2.70. The Bertz CT molecular complexity index is 916. The number of carbonyl (C=O) groups excluding carboxylic acids is 1. The maximum atomic E-state index is 13.2. The van der Waals surface area contributed by atoms with Gasteiger partial charge in [-0.1, -0.05) is 29.3 Å². The molecule has 0 unspecified atom stereocenters. The fourth-order valence-electron chi connectivity index (χ4n) is 2.06. The van der Waals surface area contributed by atoms with E-state index in [2.05, 4.69) is 20.6 Å². The van der Waals surface area contributed by atoms with Gasteiger partial charge in [-0.15, -0.1) is 0 Å². The van der Waals surface area contributed by atoms with Crippen molar-refractivity contribution >= 4 is 46.4 Å². The van der Waals surface area contributed by atoms with Crippen LogP contribution in [0.15, 0.2) is 54.7 Å². The van der Waals surface area contributed by atoms with Crippen molar-refractivity contribution in [2.75, 3.05) is 10.6 Å². The zero-order valence-corrected chi connectivity index (χ0v) is 14.1. The molecule has 1 aromatic heterocycles. The van der Waals surface area contributed by atoms with Crippen LogP contribution in [0.2, 0.25) is 10.0 Å². The number of anilines is 3. The molecule has 3 rings (SSSR count).